The van der Waals surface area contributed by atoms with E-state index in [1.165, 1.54) is 12.1 Å². The minimum Gasteiger partial charge on any atom is -0.455 e. The highest BCUT2D eigenvalue weighted by Crippen LogP contribution is 2.46. The average Bonchev–Trinajstić information content (AvgIpc) is 3.60. The molecule has 3 N–H and O–H groups in total. The van der Waals surface area contributed by atoms with E-state index in [0.717, 1.165) is 29.5 Å². The second-order valence-electron chi connectivity index (χ2n) is 7.36. The summed E-state index contributed by atoms with van der Waals surface area (Å²) in [5.41, 5.74) is 3.81. The van der Waals surface area contributed by atoms with Gasteiger partial charge in [-0.25, -0.2) is 4.39 Å². The van der Waals surface area contributed by atoms with E-state index >= 15 is 0 Å². The van der Waals surface area contributed by atoms with Gasteiger partial charge < -0.3 is 24.9 Å². The van der Waals surface area contributed by atoms with Crippen LogP contribution >= 0.6 is 12.6 Å². The molecule has 1 amide bonds. The Balaban J connectivity index is 0.00000141. The standard InChI is InChI=1S/C23H25FN2O4.CH4S/c1-25-23(28)21-18-12-17(14-2-3-14)19(26-8-10-29-11-9-27)13-20(18)30-22(21)15-4-6-16(24)7-5-15;1-2/h4-7,12-14,26-27H,2-3,8-11H2,1H3,(H,25,28);2H,1H3. The molecule has 2 aromatic carbocycles. The van der Waals surface area contributed by atoms with E-state index in [0.29, 0.717) is 48.1 Å². The Bertz CT molecular complexity index is 1050. The van der Waals surface area contributed by atoms with Gasteiger partial charge >= 0.3 is 0 Å². The SMILES string of the molecule is CNC(=O)c1c(-c2ccc(F)cc2)oc2cc(NCCOCCO)c(C3CC3)cc12.CS. The van der Waals surface area contributed by atoms with Crippen LogP contribution in [0.2, 0.25) is 0 Å². The van der Waals surface area contributed by atoms with Crippen LogP contribution in [0.4, 0.5) is 10.1 Å². The number of amides is 1. The van der Waals surface area contributed by atoms with Crippen LogP contribution in [0.5, 0.6) is 0 Å². The molecule has 1 aromatic heterocycles. The van der Waals surface area contributed by atoms with E-state index in [9.17, 15) is 9.18 Å². The minimum atomic E-state index is -0.345. The zero-order valence-electron chi connectivity index (χ0n) is 18.3. The smallest absolute Gasteiger partial charge is 0.255 e. The molecule has 8 heteroatoms. The number of thiol groups is 1. The van der Waals surface area contributed by atoms with Gasteiger partial charge in [-0.1, -0.05) is 0 Å². The van der Waals surface area contributed by atoms with Crippen molar-refractivity contribution in [1.82, 2.24) is 5.32 Å². The highest BCUT2D eigenvalue weighted by atomic mass is 32.1. The number of fused-ring (bicyclic) bond motifs is 1. The van der Waals surface area contributed by atoms with Crippen molar-refractivity contribution in [3.63, 3.8) is 0 Å². The number of carbonyl (C=O) groups excluding carboxylic acids is 1. The van der Waals surface area contributed by atoms with Gasteiger partial charge in [0.2, 0.25) is 0 Å². The van der Waals surface area contributed by atoms with Gasteiger partial charge in [0, 0.05) is 36.3 Å². The summed E-state index contributed by atoms with van der Waals surface area (Å²) in [7, 11) is 1.58. The zero-order chi connectivity index (χ0) is 23.1. The molecule has 0 aliphatic heterocycles. The molecule has 172 valence electrons. The summed E-state index contributed by atoms with van der Waals surface area (Å²) >= 11 is 3.53. The second kappa shape index (κ2) is 11.4. The fourth-order valence-corrected chi connectivity index (χ4v) is 3.62. The number of aliphatic hydroxyl groups excluding tert-OH is 1. The van der Waals surface area contributed by atoms with Gasteiger partial charge in [-0.05, 0) is 60.9 Å². The molecule has 1 saturated carbocycles. The average molecular weight is 461 g/mol. The molecule has 1 fully saturated rings. The third kappa shape index (κ3) is 5.43. The molecule has 0 unspecified atom stereocenters. The van der Waals surface area contributed by atoms with Crippen molar-refractivity contribution in [3.8, 4) is 11.3 Å². The van der Waals surface area contributed by atoms with E-state index in [2.05, 4.69) is 23.3 Å². The molecule has 1 aliphatic carbocycles. The maximum absolute atomic E-state index is 13.4. The normalized spacial score (nSPS) is 12.9. The molecule has 0 spiro atoms. The van der Waals surface area contributed by atoms with Crippen LogP contribution in [-0.4, -0.2) is 50.7 Å². The van der Waals surface area contributed by atoms with E-state index in [-0.39, 0.29) is 18.3 Å². The molecular formula is C24H29FN2O4S. The quantitative estimate of drug-likeness (QED) is 0.280. The second-order valence-corrected chi connectivity index (χ2v) is 7.36. The number of aliphatic hydroxyl groups is 1. The fraction of sp³-hybridized carbons (Fsp3) is 0.375. The van der Waals surface area contributed by atoms with Crippen molar-refractivity contribution in [2.45, 2.75) is 18.8 Å². The lowest BCUT2D eigenvalue weighted by Gasteiger charge is -2.12. The number of rotatable bonds is 9. The van der Waals surface area contributed by atoms with Gasteiger partial charge in [-0.15, -0.1) is 0 Å². The van der Waals surface area contributed by atoms with E-state index in [1.807, 2.05) is 12.1 Å². The molecule has 32 heavy (non-hydrogen) atoms. The molecule has 6 nitrogen and oxygen atoms in total. The van der Waals surface area contributed by atoms with E-state index in [1.54, 1.807) is 25.4 Å². The van der Waals surface area contributed by atoms with Gasteiger partial charge in [-0.2, -0.15) is 12.6 Å². The molecule has 1 aliphatic rings. The highest BCUT2D eigenvalue weighted by Gasteiger charge is 2.29. The van der Waals surface area contributed by atoms with Crippen LogP contribution in [0.25, 0.3) is 22.3 Å². The molecule has 0 radical (unpaired) electrons. The summed E-state index contributed by atoms with van der Waals surface area (Å²) in [6.07, 6.45) is 3.92. The topological polar surface area (TPSA) is 83.7 Å². The van der Waals surface area contributed by atoms with Crippen LogP contribution in [0.3, 0.4) is 0 Å². The van der Waals surface area contributed by atoms with Gasteiger partial charge in [-0.3, -0.25) is 4.79 Å². The molecule has 0 saturated heterocycles. The predicted molar refractivity (Wildman–Crippen MR) is 128 cm³/mol. The van der Waals surface area contributed by atoms with Gasteiger partial charge in [0.25, 0.3) is 5.91 Å². The summed E-state index contributed by atoms with van der Waals surface area (Å²) in [4.78, 5) is 12.7. The molecule has 4 rings (SSSR count). The largest absolute Gasteiger partial charge is 0.455 e. The van der Waals surface area contributed by atoms with Crippen molar-refractivity contribution in [2.75, 3.05) is 45.0 Å². The Kier molecular flexibility index (Phi) is 8.55. The number of hydrogen-bond acceptors (Lipinski definition) is 6. The molecule has 3 aromatic rings. The van der Waals surface area contributed by atoms with E-state index < -0.39 is 0 Å². The zero-order valence-corrected chi connectivity index (χ0v) is 19.2. The Labute approximate surface area is 192 Å². The number of benzene rings is 2. The van der Waals surface area contributed by atoms with Crippen LogP contribution in [0.1, 0.15) is 34.7 Å². The number of furan rings is 1. The highest BCUT2D eigenvalue weighted by molar-refractivity contribution is 7.79. The Morgan fingerprint density at radius 3 is 2.56 bits per heavy atom. The molecule has 1 heterocycles. The van der Waals surface area contributed by atoms with Crippen LogP contribution in [-0.2, 0) is 4.74 Å². The first kappa shape index (κ1) is 24.1. The monoisotopic (exact) mass is 460 g/mol. The van der Waals surface area contributed by atoms with Crippen LogP contribution < -0.4 is 10.6 Å². The number of anilines is 1. The molecule has 0 atom stereocenters. The lowest BCUT2D eigenvalue weighted by Crippen LogP contribution is -2.18. The lowest BCUT2D eigenvalue weighted by molar-refractivity contribution is 0.0964. The Hall–Kier alpha value is -2.55. The number of ether oxygens (including phenoxy) is 1. The lowest BCUT2D eigenvalue weighted by atomic mass is 10.0. The molecule has 0 bridgehead atoms. The van der Waals surface area contributed by atoms with Crippen molar-refractivity contribution in [1.29, 1.82) is 0 Å². The summed E-state index contributed by atoms with van der Waals surface area (Å²) in [5.74, 6) is 0.293. The Morgan fingerprint density at radius 2 is 1.94 bits per heavy atom. The number of carbonyl (C=O) groups is 1. The third-order valence-corrected chi connectivity index (χ3v) is 5.24. The first-order valence-corrected chi connectivity index (χ1v) is 11.5. The minimum absolute atomic E-state index is 0.000110. The van der Waals surface area contributed by atoms with Crippen molar-refractivity contribution in [2.24, 2.45) is 0 Å². The first-order valence-electron chi connectivity index (χ1n) is 10.6. The third-order valence-electron chi connectivity index (χ3n) is 5.24. The van der Waals surface area contributed by atoms with Crippen LogP contribution in [0, 0.1) is 5.82 Å². The van der Waals surface area contributed by atoms with Crippen molar-refractivity contribution >= 4 is 35.2 Å². The number of hydrogen-bond donors (Lipinski definition) is 4. The van der Waals surface area contributed by atoms with Gasteiger partial charge in [0.1, 0.15) is 17.2 Å². The molecular weight excluding hydrogens is 431 g/mol. The van der Waals surface area contributed by atoms with E-state index in [4.69, 9.17) is 14.3 Å². The van der Waals surface area contributed by atoms with Gasteiger partial charge in [0.05, 0.1) is 25.4 Å². The summed E-state index contributed by atoms with van der Waals surface area (Å²) in [5, 5.41) is 15.6. The predicted octanol–water partition coefficient (Wildman–Crippen LogP) is 4.44. The fourth-order valence-electron chi connectivity index (χ4n) is 3.62. The van der Waals surface area contributed by atoms with Crippen LogP contribution in [0.15, 0.2) is 40.8 Å². The number of nitrogens with one attached hydrogen (secondary N) is 2. The summed E-state index contributed by atoms with van der Waals surface area (Å²) < 4.78 is 24.8. The number of halogens is 1. The summed E-state index contributed by atoms with van der Waals surface area (Å²) in [6, 6.07) is 9.88. The van der Waals surface area contributed by atoms with Crippen molar-refractivity contribution in [3.05, 3.63) is 53.3 Å². The first-order chi connectivity index (χ1) is 15.6. The summed E-state index contributed by atoms with van der Waals surface area (Å²) in [6.45, 7) is 1.38. The van der Waals surface area contributed by atoms with Gasteiger partial charge in [0.15, 0.2) is 0 Å². The Morgan fingerprint density at radius 1 is 1.22 bits per heavy atom. The maximum Gasteiger partial charge on any atom is 0.255 e. The van der Waals surface area contributed by atoms with Crippen molar-refractivity contribution < 1.29 is 23.4 Å². The maximum atomic E-state index is 13.4.